The van der Waals surface area contributed by atoms with E-state index in [1.165, 1.54) is 32.2 Å². The third kappa shape index (κ3) is 0.821. The third-order valence-electron chi connectivity index (χ3n) is 10.2. The van der Waals surface area contributed by atoms with Crippen LogP contribution in [0.4, 0.5) is 0 Å². The van der Waals surface area contributed by atoms with Crippen molar-refractivity contribution in [1.29, 1.82) is 0 Å². The van der Waals surface area contributed by atoms with Crippen LogP contribution in [0.5, 0.6) is 0 Å². The Hall–Kier alpha value is -0.300. The zero-order valence-corrected chi connectivity index (χ0v) is 13.3. The van der Waals surface area contributed by atoms with Gasteiger partial charge in [-0.25, -0.2) is 0 Å². The molecule has 9 fully saturated rings. The number of hydrogen-bond acceptors (Lipinski definition) is 1. The van der Waals surface area contributed by atoms with Crippen molar-refractivity contribution in [2.45, 2.75) is 64.0 Å². The zero-order chi connectivity index (χ0) is 13.8. The Morgan fingerprint density at radius 2 is 2.14 bits per heavy atom. The van der Waals surface area contributed by atoms with Gasteiger partial charge in [-0.2, -0.15) is 0 Å². The van der Waals surface area contributed by atoms with Crippen molar-refractivity contribution in [3.8, 4) is 0 Å². The van der Waals surface area contributed by atoms with E-state index < -0.39 is 0 Å². The number of piperidine rings is 2. The van der Waals surface area contributed by atoms with Crippen LogP contribution in [0, 0.1) is 39.9 Å². The van der Waals surface area contributed by atoms with Gasteiger partial charge in [0.25, 0.3) is 0 Å². The smallest absolute Gasteiger partial charge is 0.0195 e. The minimum atomic E-state index is 0.689. The fraction of sp³-hybridized carbons (Fsp3) is 0.900. The summed E-state index contributed by atoms with van der Waals surface area (Å²) in [6.07, 6.45) is 10.7. The molecule has 3 aliphatic heterocycles. The lowest BCUT2D eigenvalue weighted by atomic mass is 9.41. The largest absolute Gasteiger partial charge is 0.296 e. The van der Waals surface area contributed by atoms with E-state index in [9.17, 15) is 0 Å². The molecule has 1 unspecified atom stereocenters. The lowest BCUT2D eigenvalue weighted by Gasteiger charge is -2.63. The maximum absolute atomic E-state index is 4.51. The first kappa shape index (κ1) is 11.3. The minimum absolute atomic E-state index is 0.689. The van der Waals surface area contributed by atoms with Crippen molar-refractivity contribution < 1.29 is 0 Å². The standard InChI is InChI=1S/C20H27N/c1-11-8-19-9-14-16-18(2)4-3-5-20(16)15(19)7-12(11)6-13(19)17(20)21(14)10-18/h12-17H,1,3-10H2,2H3/t12-,13+,14-,15+,16+,17+,18-,19-,20+/m0/s1. The van der Waals surface area contributed by atoms with Gasteiger partial charge in [0.2, 0.25) is 0 Å². The van der Waals surface area contributed by atoms with Crippen molar-refractivity contribution in [2.24, 2.45) is 39.9 Å². The fourth-order valence-electron chi connectivity index (χ4n) is 10.4. The number of fused-ring (bicyclic) bond motifs is 1. The van der Waals surface area contributed by atoms with Gasteiger partial charge in [-0.15, -0.1) is 0 Å². The molecule has 0 amide bonds. The summed E-state index contributed by atoms with van der Waals surface area (Å²) < 4.78 is 0. The molecule has 9 bridgehead atoms. The molecule has 0 N–H and O–H groups in total. The molecule has 6 aliphatic carbocycles. The summed E-state index contributed by atoms with van der Waals surface area (Å²) in [6.45, 7) is 8.63. The molecule has 2 spiro atoms. The molecular weight excluding hydrogens is 254 g/mol. The molecule has 0 radical (unpaired) electrons. The molecule has 0 aromatic carbocycles. The third-order valence-corrected chi connectivity index (χ3v) is 10.2. The van der Waals surface area contributed by atoms with Crippen LogP contribution >= 0.6 is 0 Å². The molecule has 0 aromatic heterocycles. The second-order valence-electron chi connectivity index (χ2n) is 10.4. The number of allylic oxidation sites excluding steroid dienone is 1. The van der Waals surface area contributed by atoms with Crippen molar-refractivity contribution in [3.05, 3.63) is 12.2 Å². The van der Waals surface area contributed by atoms with E-state index in [1.807, 2.05) is 0 Å². The van der Waals surface area contributed by atoms with Gasteiger partial charge in [-0.05, 0) is 78.4 Å². The Morgan fingerprint density at radius 3 is 3.05 bits per heavy atom. The van der Waals surface area contributed by atoms with Gasteiger partial charge in [0, 0.05) is 18.6 Å². The minimum Gasteiger partial charge on any atom is -0.296 e. The first-order chi connectivity index (χ1) is 10.1. The van der Waals surface area contributed by atoms with Gasteiger partial charge in [0.05, 0.1) is 0 Å². The molecule has 6 saturated carbocycles. The van der Waals surface area contributed by atoms with Crippen molar-refractivity contribution >= 4 is 0 Å². The highest BCUT2D eigenvalue weighted by Crippen LogP contribution is 2.87. The van der Waals surface area contributed by atoms with Crippen LogP contribution in [0.25, 0.3) is 0 Å². The van der Waals surface area contributed by atoms with E-state index >= 15 is 0 Å². The predicted octanol–water partition coefficient (Wildman–Crippen LogP) is 3.85. The summed E-state index contributed by atoms with van der Waals surface area (Å²) in [7, 11) is 0. The Kier molecular flexibility index (Phi) is 1.50. The molecular formula is C20H27N. The van der Waals surface area contributed by atoms with Crippen molar-refractivity contribution in [2.75, 3.05) is 6.54 Å². The van der Waals surface area contributed by atoms with Gasteiger partial charge in [-0.3, -0.25) is 4.90 Å². The molecule has 10 atom stereocenters. The van der Waals surface area contributed by atoms with E-state index in [2.05, 4.69) is 18.4 Å². The van der Waals surface area contributed by atoms with Crippen LogP contribution in [-0.4, -0.2) is 23.5 Å². The fourth-order valence-corrected chi connectivity index (χ4v) is 10.4. The predicted molar refractivity (Wildman–Crippen MR) is 82.7 cm³/mol. The molecule has 3 heterocycles. The molecule has 112 valence electrons. The average molecular weight is 281 g/mol. The highest BCUT2D eigenvalue weighted by Gasteiger charge is 2.86. The van der Waals surface area contributed by atoms with Crippen LogP contribution in [0.1, 0.15) is 51.9 Å². The Morgan fingerprint density at radius 1 is 1.24 bits per heavy atom. The summed E-state index contributed by atoms with van der Waals surface area (Å²) >= 11 is 0. The summed E-state index contributed by atoms with van der Waals surface area (Å²) in [4.78, 5) is 3.09. The maximum Gasteiger partial charge on any atom is 0.0195 e. The first-order valence-corrected chi connectivity index (χ1v) is 9.54. The van der Waals surface area contributed by atoms with Crippen molar-refractivity contribution in [3.63, 3.8) is 0 Å². The number of nitrogens with zero attached hydrogens (tertiary/aromatic N) is 1. The molecule has 1 nitrogen and oxygen atoms in total. The Balaban J connectivity index is 1.53. The van der Waals surface area contributed by atoms with Gasteiger partial charge in [-0.1, -0.05) is 25.5 Å². The summed E-state index contributed by atoms with van der Waals surface area (Å²) in [6, 6.07) is 1.99. The second kappa shape index (κ2) is 2.79. The van der Waals surface area contributed by atoms with E-state index in [1.54, 1.807) is 24.8 Å². The second-order valence-corrected chi connectivity index (χ2v) is 10.4. The zero-order valence-electron chi connectivity index (χ0n) is 13.3. The van der Waals surface area contributed by atoms with Gasteiger partial charge in [0.1, 0.15) is 0 Å². The van der Waals surface area contributed by atoms with E-state index in [4.69, 9.17) is 0 Å². The summed E-state index contributed by atoms with van der Waals surface area (Å²) in [5, 5.41) is 0. The summed E-state index contributed by atoms with van der Waals surface area (Å²) in [5.41, 5.74) is 3.85. The first-order valence-electron chi connectivity index (χ1n) is 9.54. The van der Waals surface area contributed by atoms with Crippen molar-refractivity contribution in [1.82, 2.24) is 4.90 Å². The molecule has 9 rings (SSSR count). The van der Waals surface area contributed by atoms with Crippen LogP contribution in [0.2, 0.25) is 0 Å². The number of rotatable bonds is 0. The number of hydrogen-bond donors (Lipinski definition) is 0. The highest BCUT2D eigenvalue weighted by atomic mass is 15.3. The van der Waals surface area contributed by atoms with E-state index in [0.29, 0.717) is 5.41 Å². The lowest BCUT2D eigenvalue weighted by molar-refractivity contribution is -0.115. The molecule has 3 saturated heterocycles. The Labute approximate surface area is 128 Å². The van der Waals surface area contributed by atoms with Gasteiger partial charge >= 0.3 is 0 Å². The molecule has 0 aromatic rings. The molecule has 1 heteroatoms. The normalized spacial score (nSPS) is 74.5. The topological polar surface area (TPSA) is 3.24 Å². The van der Waals surface area contributed by atoms with Crippen LogP contribution in [-0.2, 0) is 0 Å². The van der Waals surface area contributed by atoms with Gasteiger partial charge < -0.3 is 0 Å². The van der Waals surface area contributed by atoms with Gasteiger partial charge in [0.15, 0.2) is 0 Å². The van der Waals surface area contributed by atoms with Crippen LogP contribution < -0.4 is 0 Å². The maximum atomic E-state index is 4.51. The summed E-state index contributed by atoms with van der Waals surface area (Å²) in [5.74, 6) is 4.15. The van der Waals surface area contributed by atoms with Crippen LogP contribution in [0.15, 0.2) is 12.2 Å². The van der Waals surface area contributed by atoms with E-state index in [-0.39, 0.29) is 0 Å². The van der Waals surface area contributed by atoms with E-state index in [0.717, 1.165) is 46.6 Å². The quantitative estimate of drug-likeness (QED) is 0.610. The SMILES string of the molecule is C=C1C[C@@]23C[C@H]4[C@@H]5[C@@]6(C)CCC[C@@]57[C@@H]2C[C@@H]1C[C@@H]3[C@H]7N4C6. The monoisotopic (exact) mass is 281 g/mol. The highest BCUT2D eigenvalue weighted by molar-refractivity contribution is 5.39. The Bertz CT molecular complexity index is 609. The lowest BCUT2D eigenvalue weighted by Crippen LogP contribution is -2.58. The average Bonchev–Trinajstić information content (AvgIpc) is 2.84. The van der Waals surface area contributed by atoms with Crippen LogP contribution in [0.3, 0.4) is 0 Å². The molecule has 9 aliphatic rings. The molecule has 21 heavy (non-hydrogen) atoms.